The van der Waals surface area contributed by atoms with Crippen LogP contribution < -0.4 is 0 Å². The van der Waals surface area contributed by atoms with E-state index in [0.29, 0.717) is 16.5 Å². The van der Waals surface area contributed by atoms with E-state index in [9.17, 15) is 4.79 Å². The quantitative estimate of drug-likeness (QED) is 0.792. The highest BCUT2D eigenvalue weighted by Gasteiger charge is 2.15. The van der Waals surface area contributed by atoms with Gasteiger partial charge in [-0.2, -0.15) is 5.10 Å². The number of carbonyl (C=O) groups is 1. The Bertz CT molecular complexity index is 629. The average Bonchev–Trinajstić information content (AvgIpc) is 2.70. The van der Waals surface area contributed by atoms with Gasteiger partial charge in [-0.05, 0) is 30.5 Å². The van der Waals surface area contributed by atoms with Crippen molar-refractivity contribution in [1.82, 2.24) is 9.78 Å². The van der Waals surface area contributed by atoms with Gasteiger partial charge >= 0.3 is 0 Å². The van der Waals surface area contributed by atoms with Crippen molar-refractivity contribution in [2.75, 3.05) is 0 Å². The largest absolute Gasteiger partial charge is 0.294 e. The Morgan fingerprint density at radius 2 is 2.05 bits per heavy atom. The lowest BCUT2D eigenvalue weighted by Gasteiger charge is -2.07. The summed E-state index contributed by atoms with van der Waals surface area (Å²) in [6.45, 7) is 5.74. The lowest BCUT2D eigenvalue weighted by atomic mass is 9.98. The molecule has 1 aromatic carbocycles. The average molecular weight is 277 g/mol. The van der Waals surface area contributed by atoms with Crippen LogP contribution in [0.3, 0.4) is 0 Å². The van der Waals surface area contributed by atoms with Crippen LogP contribution in [0.15, 0.2) is 24.4 Å². The maximum absolute atomic E-state index is 11.4. The molecule has 0 fully saturated rings. The maximum atomic E-state index is 11.4. The van der Waals surface area contributed by atoms with Crippen molar-refractivity contribution in [2.24, 2.45) is 7.05 Å². The number of carbonyl (C=O) groups excluding carboxylic acids is 1. The lowest BCUT2D eigenvalue weighted by molar-refractivity contribution is 0.101. The fraction of sp³-hybridized carbons (Fsp3) is 0.333. The van der Waals surface area contributed by atoms with Gasteiger partial charge in [0, 0.05) is 24.4 Å². The first-order valence-electron chi connectivity index (χ1n) is 6.24. The molecule has 0 N–H and O–H groups in total. The van der Waals surface area contributed by atoms with Gasteiger partial charge in [-0.15, -0.1) is 0 Å². The molecule has 0 aliphatic carbocycles. The Kier molecular flexibility index (Phi) is 3.76. The predicted octanol–water partition coefficient (Wildman–Crippen LogP) is 4.07. The van der Waals surface area contributed by atoms with Gasteiger partial charge < -0.3 is 0 Å². The fourth-order valence-corrected chi connectivity index (χ4v) is 2.44. The second-order valence-electron chi connectivity index (χ2n) is 5.01. The van der Waals surface area contributed by atoms with Gasteiger partial charge in [0.2, 0.25) is 0 Å². The first-order chi connectivity index (χ1) is 8.90. The van der Waals surface area contributed by atoms with Crippen LogP contribution in [-0.2, 0) is 7.05 Å². The second kappa shape index (κ2) is 5.17. The van der Waals surface area contributed by atoms with Crippen molar-refractivity contribution in [3.8, 4) is 11.1 Å². The van der Waals surface area contributed by atoms with Crippen molar-refractivity contribution < 1.29 is 4.79 Å². The van der Waals surface area contributed by atoms with E-state index in [2.05, 4.69) is 18.9 Å². The van der Waals surface area contributed by atoms with E-state index in [1.165, 1.54) is 6.92 Å². The molecule has 100 valence electrons. The molecule has 0 amide bonds. The number of ketones is 1. The summed E-state index contributed by atoms with van der Waals surface area (Å²) in [6.07, 6.45) is 1.98. The lowest BCUT2D eigenvalue weighted by Crippen LogP contribution is -1.95. The summed E-state index contributed by atoms with van der Waals surface area (Å²) in [5.41, 5.74) is 3.65. The molecule has 0 radical (unpaired) electrons. The van der Waals surface area contributed by atoms with Gasteiger partial charge in [-0.1, -0.05) is 31.5 Å². The van der Waals surface area contributed by atoms with Crippen LogP contribution >= 0.6 is 11.6 Å². The molecule has 2 rings (SSSR count). The molecular weight excluding hydrogens is 260 g/mol. The molecule has 0 bridgehead atoms. The van der Waals surface area contributed by atoms with Crippen LogP contribution in [-0.4, -0.2) is 15.6 Å². The van der Waals surface area contributed by atoms with E-state index in [1.807, 2.05) is 25.4 Å². The van der Waals surface area contributed by atoms with E-state index >= 15 is 0 Å². The number of benzene rings is 1. The monoisotopic (exact) mass is 276 g/mol. The van der Waals surface area contributed by atoms with Crippen LogP contribution in [0, 0.1) is 0 Å². The van der Waals surface area contributed by atoms with Crippen LogP contribution in [0.2, 0.25) is 5.02 Å². The smallest absolute Gasteiger partial charge is 0.161 e. The van der Waals surface area contributed by atoms with Crippen LogP contribution in [0.25, 0.3) is 11.1 Å². The van der Waals surface area contributed by atoms with Gasteiger partial charge in [0.05, 0.1) is 10.7 Å². The Morgan fingerprint density at radius 3 is 2.58 bits per heavy atom. The minimum Gasteiger partial charge on any atom is -0.294 e. The standard InChI is InChI=1S/C15H17ClN2O/c1-9(2)15-13(8-18(4)17-15)11-5-6-12(10(3)19)14(16)7-11/h5-9H,1-4H3. The molecule has 2 aromatic rings. The number of nitrogens with zero attached hydrogens (tertiary/aromatic N) is 2. The van der Waals surface area contributed by atoms with Crippen LogP contribution in [0.5, 0.6) is 0 Å². The van der Waals surface area contributed by atoms with E-state index in [1.54, 1.807) is 10.7 Å². The highest BCUT2D eigenvalue weighted by atomic mass is 35.5. The number of hydrogen-bond donors (Lipinski definition) is 0. The Balaban J connectivity index is 2.54. The summed E-state index contributed by atoms with van der Waals surface area (Å²) in [5.74, 6) is 0.314. The molecule has 0 aliphatic rings. The molecule has 0 atom stereocenters. The first-order valence-corrected chi connectivity index (χ1v) is 6.62. The molecule has 0 unspecified atom stereocenters. The van der Waals surface area contributed by atoms with E-state index < -0.39 is 0 Å². The van der Waals surface area contributed by atoms with E-state index in [-0.39, 0.29) is 5.78 Å². The van der Waals surface area contributed by atoms with Crippen molar-refractivity contribution in [2.45, 2.75) is 26.7 Å². The van der Waals surface area contributed by atoms with Crippen molar-refractivity contribution in [3.63, 3.8) is 0 Å². The zero-order chi connectivity index (χ0) is 14.2. The summed E-state index contributed by atoms with van der Waals surface area (Å²) in [6, 6.07) is 5.53. The van der Waals surface area contributed by atoms with E-state index in [4.69, 9.17) is 11.6 Å². The van der Waals surface area contributed by atoms with Crippen molar-refractivity contribution in [1.29, 1.82) is 0 Å². The topological polar surface area (TPSA) is 34.9 Å². The zero-order valence-corrected chi connectivity index (χ0v) is 12.3. The maximum Gasteiger partial charge on any atom is 0.161 e. The summed E-state index contributed by atoms with van der Waals surface area (Å²) in [4.78, 5) is 11.4. The molecule has 0 saturated carbocycles. The van der Waals surface area contributed by atoms with Gasteiger partial charge in [0.1, 0.15) is 0 Å². The number of halogens is 1. The van der Waals surface area contributed by atoms with Gasteiger partial charge in [-0.3, -0.25) is 9.48 Å². The van der Waals surface area contributed by atoms with Crippen LogP contribution in [0.1, 0.15) is 42.7 Å². The molecule has 19 heavy (non-hydrogen) atoms. The third kappa shape index (κ3) is 2.71. The first kappa shape index (κ1) is 13.8. The summed E-state index contributed by atoms with van der Waals surface area (Å²) >= 11 is 6.16. The fourth-order valence-electron chi connectivity index (χ4n) is 2.12. The predicted molar refractivity (Wildman–Crippen MR) is 77.7 cm³/mol. The number of rotatable bonds is 3. The Hall–Kier alpha value is -1.61. The minimum absolute atomic E-state index is 0.0215. The van der Waals surface area contributed by atoms with Gasteiger partial charge in [-0.25, -0.2) is 0 Å². The Morgan fingerprint density at radius 1 is 1.37 bits per heavy atom. The molecule has 4 heteroatoms. The zero-order valence-electron chi connectivity index (χ0n) is 11.6. The molecule has 3 nitrogen and oxygen atoms in total. The minimum atomic E-state index is -0.0215. The summed E-state index contributed by atoms with van der Waals surface area (Å²) in [7, 11) is 1.90. The molecule has 0 spiro atoms. The molecule has 1 heterocycles. The third-order valence-electron chi connectivity index (χ3n) is 3.06. The highest BCUT2D eigenvalue weighted by molar-refractivity contribution is 6.34. The SMILES string of the molecule is CC(=O)c1ccc(-c2cn(C)nc2C(C)C)cc1Cl. The number of Topliss-reactive ketones (excluding diaryl/α,β-unsaturated/α-hetero) is 1. The summed E-state index contributed by atoms with van der Waals surface area (Å²) < 4.78 is 1.80. The third-order valence-corrected chi connectivity index (χ3v) is 3.38. The van der Waals surface area contributed by atoms with Crippen molar-refractivity contribution >= 4 is 17.4 Å². The number of hydrogen-bond acceptors (Lipinski definition) is 2. The molecule has 0 aliphatic heterocycles. The van der Waals surface area contributed by atoms with Gasteiger partial charge in [0.25, 0.3) is 0 Å². The normalized spacial score (nSPS) is 11.1. The molecular formula is C15H17ClN2O. The van der Waals surface area contributed by atoms with Gasteiger partial charge in [0.15, 0.2) is 5.78 Å². The molecule has 1 aromatic heterocycles. The van der Waals surface area contributed by atoms with E-state index in [0.717, 1.165) is 16.8 Å². The number of aryl methyl sites for hydroxylation is 1. The summed E-state index contributed by atoms with van der Waals surface area (Å²) in [5, 5.41) is 4.97. The second-order valence-corrected chi connectivity index (χ2v) is 5.41. The Labute approximate surface area is 118 Å². The van der Waals surface area contributed by atoms with Crippen molar-refractivity contribution in [3.05, 3.63) is 40.7 Å². The van der Waals surface area contributed by atoms with Crippen LogP contribution in [0.4, 0.5) is 0 Å². The highest BCUT2D eigenvalue weighted by Crippen LogP contribution is 2.31. The number of aromatic nitrogens is 2. The molecule has 0 saturated heterocycles.